The average Bonchev–Trinajstić information content (AvgIpc) is 2.19. The van der Waals surface area contributed by atoms with Crippen LogP contribution in [-0.4, -0.2) is 42.1 Å². The molecule has 15 heavy (non-hydrogen) atoms. The van der Waals surface area contributed by atoms with E-state index in [0.717, 1.165) is 34.7 Å². The topological polar surface area (TPSA) is 41.1 Å². The average molecular weight is 320 g/mol. The molecule has 1 aromatic rings. The smallest absolute Gasteiger partial charge is 0.143 e. The molecule has 0 atom stereocenters. The van der Waals surface area contributed by atoms with Crippen LogP contribution in [0.5, 0.6) is 0 Å². The first kappa shape index (κ1) is 12.6. The van der Waals surface area contributed by atoms with Crippen LogP contribution >= 0.6 is 22.6 Å². The van der Waals surface area contributed by atoms with Gasteiger partial charge in [0.25, 0.3) is 0 Å². The number of likely N-dealkylation sites (N-methyl/N-ethyl adjacent to an activating group) is 1. The fourth-order valence-corrected chi connectivity index (χ4v) is 1.59. The summed E-state index contributed by atoms with van der Waals surface area (Å²) in [4.78, 5) is 10.9. The fraction of sp³-hybridized carbons (Fsp3) is 0.600. The molecule has 0 spiro atoms. The van der Waals surface area contributed by atoms with E-state index in [2.05, 4.69) is 63.8 Å². The Labute approximate surface area is 105 Å². The van der Waals surface area contributed by atoms with Gasteiger partial charge in [-0.2, -0.15) is 0 Å². The predicted molar refractivity (Wildman–Crippen MR) is 71.2 cm³/mol. The second kappa shape index (κ2) is 6.22. The van der Waals surface area contributed by atoms with Crippen LogP contribution in [0.1, 0.15) is 12.7 Å². The van der Waals surface area contributed by atoms with E-state index in [1.807, 2.05) is 6.20 Å². The van der Waals surface area contributed by atoms with E-state index in [4.69, 9.17) is 0 Å². The summed E-state index contributed by atoms with van der Waals surface area (Å²) < 4.78 is 1.07. The number of rotatable bonds is 5. The van der Waals surface area contributed by atoms with Crippen molar-refractivity contribution in [3.05, 3.63) is 15.6 Å². The van der Waals surface area contributed by atoms with Crippen LogP contribution in [0.15, 0.2) is 6.20 Å². The third-order valence-electron chi connectivity index (χ3n) is 1.92. The number of hydrogen-bond donors (Lipinski definition) is 1. The molecule has 0 aromatic carbocycles. The number of aromatic nitrogens is 2. The molecule has 4 nitrogen and oxygen atoms in total. The molecule has 0 bridgehead atoms. The van der Waals surface area contributed by atoms with Gasteiger partial charge in [-0.05, 0) is 43.6 Å². The second-order valence-electron chi connectivity index (χ2n) is 3.57. The molecule has 84 valence electrons. The minimum atomic E-state index is 0.889. The molecule has 0 radical (unpaired) electrons. The lowest BCUT2D eigenvalue weighted by atomic mass is 10.3. The van der Waals surface area contributed by atoms with Crippen LogP contribution in [0.2, 0.25) is 0 Å². The van der Waals surface area contributed by atoms with Gasteiger partial charge in [0.05, 0.1) is 3.57 Å². The van der Waals surface area contributed by atoms with Gasteiger partial charge in [0.2, 0.25) is 0 Å². The van der Waals surface area contributed by atoms with Crippen molar-refractivity contribution in [1.82, 2.24) is 14.9 Å². The first-order valence-electron chi connectivity index (χ1n) is 5.03. The van der Waals surface area contributed by atoms with Crippen molar-refractivity contribution in [2.24, 2.45) is 0 Å². The summed E-state index contributed by atoms with van der Waals surface area (Å²) in [5.41, 5.74) is 0. The molecule has 0 unspecified atom stereocenters. The molecule has 1 heterocycles. The highest BCUT2D eigenvalue weighted by Gasteiger charge is 2.04. The number of hydrogen-bond acceptors (Lipinski definition) is 4. The fourth-order valence-electron chi connectivity index (χ4n) is 1.14. The highest BCUT2D eigenvalue weighted by atomic mass is 127. The largest absolute Gasteiger partial charge is 0.369 e. The predicted octanol–water partition coefficient (Wildman–Crippen LogP) is 1.62. The Morgan fingerprint density at radius 1 is 1.47 bits per heavy atom. The third-order valence-corrected chi connectivity index (χ3v) is 2.71. The van der Waals surface area contributed by atoms with Crippen LogP contribution in [0, 0.1) is 3.57 Å². The van der Waals surface area contributed by atoms with Gasteiger partial charge in [0.15, 0.2) is 0 Å². The van der Waals surface area contributed by atoms with E-state index in [-0.39, 0.29) is 0 Å². The molecule has 0 aliphatic carbocycles. The summed E-state index contributed by atoms with van der Waals surface area (Å²) in [6, 6.07) is 0. The maximum Gasteiger partial charge on any atom is 0.143 e. The van der Waals surface area contributed by atoms with E-state index in [1.54, 1.807) is 0 Å². The Bertz CT molecular complexity index is 314. The minimum absolute atomic E-state index is 0.889. The van der Waals surface area contributed by atoms with Crippen molar-refractivity contribution >= 4 is 28.4 Å². The molecular formula is C10H17IN4. The van der Waals surface area contributed by atoms with E-state index in [0.29, 0.717) is 0 Å². The van der Waals surface area contributed by atoms with Crippen molar-refractivity contribution in [3.63, 3.8) is 0 Å². The minimum Gasteiger partial charge on any atom is -0.369 e. The number of nitrogens with one attached hydrogen (secondary N) is 1. The Kier molecular flexibility index (Phi) is 5.24. The third kappa shape index (κ3) is 4.29. The Balaban J connectivity index is 2.69. The van der Waals surface area contributed by atoms with E-state index in [9.17, 15) is 0 Å². The Morgan fingerprint density at radius 3 is 2.80 bits per heavy atom. The van der Waals surface area contributed by atoms with Crippen molar-refractivity contribution in [3.8, 4) is 0 Å². The van der Waals surface area contributed by atoms with Gasteiger partial charge in [-0.3, -0.25) is 0 Å². The Morgan fingerprint density at radius 2 is 2.20 bits per heavy atom. The van der Waals surface area contributed by atoms with Crippen LogP contribution in [-0.2, 0) is 6.42 Å². The monoisotopic (exact) mass is 320 g/mol. The molecular weight excluding hydrogens is 303 g/mol. The first-order valence-corrected chi connectivity index (χ1v) is 6.11. The summed E-state index contributed by atoms with van der Waals surface area (Å²) in [6.45, 7) is 3.93. The number of nitrogens with zero attached hydrogens (tertiary/aromatic N) is 3. The summed E-state index contributed by atoms with van der Waals surface area (Å²) in [6.07, 6.45) is 2.76. The SMILES string of the molecule is CCNc1nc(CCN(C)C)ncc1I. The maximum absolute atomic E-state index is 4.48. The van der Waals surface area contributed by atoms with Crippen molar-refractivity contribution in [1.29, 1.82) is 0 Å². The highest BCUT2D eigenvalue weighted by molar-refractivity contribution is 14.1. The van der Waals surface area contributed by atoms with Crippen molar-refractivity contribution in [2.75, 3.05) is 32.5 Å². The molecule has 0 fully saturated rings. The first-order chi connectivity index (χ1) is 7.13. The molecule has 0 saturated heterocycles. The summed E-state index contributed by atoms with van der Waals surface area (Å²) in [5, 5.41) is 3.23. The zero-order valence-electron chi connectivity index (χ0n) is 9.42. The van der Waals surface area contributed by atoms with Gasteiger partial charge in [-0.15, -0.1) is 0 Å². The van der Waals surface area contributed by atoms with Gasteiger partial charge in [-0.1, -0.05) is 0 Å². The van der Waals surface area contributed by atoms with Gasteiger partial charge >= 0.3 is 0 Å². The quantitative estimate of drug-likeness (QED) is 0.837. The Hall–Kier alpha value is -0.430. The number of halogens is 1. The van der Waals surface area contributed by atoms with Gasteiger partial charge in [0, 0.05) is 25.7 Å². The van der Waals surface area contributed by atoms with Crippen LogP contribution in [0.25, 0.3) is 0 Å². The second-order valence-corrected chi connectivity index (χ2v) is 4.73. The standard InChI is InChI=1S/C10H17IN4/c1-4-12-10-8(11)7-13-9(14-10)5-6-15(2)3/h7H,4-6H2,1-3H3,(H,12,13,14). The van der Waals surface area contributed by atoms with E-state index >= 15 is 0 Å². The van der Waals surface area contributed by atoms with Crippen LogP contribution < -0.4 is 5.32 Å². The summed E-state index contributed by atoms with van der Waals surface area (Å²) >= 11 is 2.24. The molecule has 5 heteroatoms. The van der Waals surface area contributed by atoms with Gasteiger partial charge in [0.1, 0.15) is 11.6 Å². The highest BCUT2D eigenvalue weighted by Crippen LogP contribution is 2.13. The lowest BCUT2D eigenvalue weighted by Gasteiger charge is -2.10. The molecule has 0 aliphatic rings. The molecule has 0 aliphatic heterocycles. The summed E-state index contributed by atoms with van der Waals surface area (Å²) in [5.74, 6) is 1.85. The normalized spacial score (nSPS) is 10.7. The lowest BCUT2D eigenvalue weighted by molar-refractivity contribution is 0.409. The van der Waals surface area contributed by atoms with Gasteiger partial charge < -0.3 is 10.2 Å². The maximum atomic E-state index is 4.48. The molecule has 1 N–H and O–H groups in total. The summed E-state index contributed by atoms with van der Waals surface area (Å²) in [7, 11) is 4.11. The molecule has 0 saturated carbocycles. The zero-order valence-corrected chi connectivity index (χ0v) is 11.6. The van der Waals surface area contributed by atoms with Gasteiger partial charge in [-0.25, -0.2) is 9.97 Å². The molecule has 1 rings (SSSR count). The number of anilines is 1. The van der Waals surface area contributed by atoms with Crippen molar-refractivity contribution in [2.45, 2.75) is 13.3 Å². The van der Waals surface area contributed by atoms with Crippen LogP contribution in [0.4, 0.5) is 5.82 Å². The van der Waals surface area contributed by atoms with Crippen LogP contribution in [0.3, 0.4) is 0 Å². The van der Waals surface area contributed by atoms with E-state index < -0.39 is 0 Å². The van der Waals surface area contributed by atoms with E-state index in [1.165, 1.54) is 0 Å². The molecule has 1 aromatic heterocycles. The molecule has 0 amide bonds. The zero-order chi connectivity index (χ0) is 11.3. The lowest BCUT2D eigenvalue weighted by Crippen LogP contribution is -2.17. The van der Waals surface area contributed by atoms with Crippen molar-refractivity contribution < 1.29 is 0 Å².